The molecule has 1 aliphatic heterocycles. The fourth-order valence-corrected chi connectivity index (χ4v) is 3.64. The minimum absolute atomic E-state index is 0.211. The molecular weight excluding hydrogens is 452 g/mol. The molecule has 0 unspecified atom stereocenters. The number of carbonyl (C=O) groups excluding carboxylic acids is 1. The highest BCUT2D eigenvalue weighted by Gasteiger charge is 2.31. The van der Waals surface area contributed by atoms with E-state index in [1.165, 1.54) is 30.6 Å². The van der Waals surface area contributed by atoms with Crippen molar-refractivity contribution < 1.29 is 27.1 Å². The van der Waals surface area contributed by atoms with Gasteiger partial charge in [-0.25, -0.2) is 9.37 Å². The molecule has 1 saturated heterocycles. The van der Waals surface area contributed by atoms with E-state index in [1.807, 2.05) is 0 Å². The first kappa shape index (κ1) is 23.5. The zero-order valence-electron chi connectivity index (χ0n) is 18.5. The minimum atomic E-state index is -4.80. The second-order valence-electron chi connectivity index (χ2n) is 8.09. The third-order valence-electron chi connectivity index (χ3n) is 5.64. The predicted molar refractivity (Wildman–Crippen MR) is 119 cm³/mol. The fourth-order valence-electron chi connectivity index (χ4n) is 3.64. The van der Waals surface area contributed by atoms with Gasteiger partial charge in [-0.15, -0.1) is 13.2 Å². The standard InChI is InChI=1S/C24H22F4N4O2/c1-3-15-12-32(13-15)22-20(16-9-21(25)14(2)29-10-16)8-17(11-30-22)23(33)31-18-4-6-19(7-5-18)34-24(26,27)28/h4-11,15H,3,12-13H2,1-2H3,(H,31,33). The number of amides is 1. The SMILES string of the molecule is CCC1CN(c2ncc(C(=O)Nc3ccc(OC(F)(F)F)cc3)cc2-c2cnc(C)c(F)c2)C1. The minimum Gasteiger partial charge on any atom is -0.406 e. The van der Waals surface area contributed by atoms with Crippen molar-refractivity contribution in [2.24, 2.45) is 5.92 Å². The Balaban J connectivity index is 1.59. The van der Waals surface area contributed by atoms with E-state index in [4.69, 9.17) is 0 Å². The van der Waals surface area contributed by atoms with Gasteiger partial charge in [-0.2, -0.15) is 0 Å². The number of hydrogen-bond donors (Lipinski definition) is 1. The summed E-state index contributed by atoms with van der Waals surface area (Å²) in [5.74, 6) is -0.183. The highest BCUT2D eigenvalue weighted by Crippen LogP contribution is 2.35. The number of nitrogens with zero attached hydrogens (tertiary/aromatic N) is 3. The maximum atomic E-state index is 14.2. The monoisotopic (exact) mass is 474 g/mol. The van der Waals surface area contributed by atoms with E-state index < -0.39 is 23.8 Å². The molecule has 1 aliphatic rings. The normalized spacial score (nSPS) is 14.0. The Morgan fingerprint density at radius 1 is 1.15 bits per heavy atom. The number of carbonyl (C=O) groups is 1. The van der Waals surface area contributed by atoms with Crippen molar-refractivity contribution >= 4 is 17.4 Å². The molecule has 0 radical (unpaired) electrons. The molecule has 1 N–H and O–H groups in total. The molecule has 3 heterocycles. The summed E-state index contributed by atoms with van der Waals surface area (Å²) in [7, 11) is 0. The van der Waals surface area contributed by atoms with Crippen molar-refractivity contribution in [3.63, 3.8) is 0 Å². The summed E-state index contributed by atoms with van der Waals surface area (Å²) < 4.78 is 55.1. The number of aromatic nitrogens is 2. The third kappa shape index (κ3) is 5.27. The van der Waals surface area contributed by atoms with E-state index >= 15 is 0 Å². The lowest BCUT2D eigenvalue weighted by Crippen LogP contribution is -2.47. The third-order valence-corrected chi connectivity index (χ3v) is 5.64. The smallest absolute Gasteiger partial charge is 0.406 e. The highest BCUT2D eigenvalue weighted by atomic mass is 19.4. The highest BCUT2D eigenvalue weighted by molar-refractivity contribution is 6.05. The summed E-state index contributed by atoms with van der Waals surface area (Å²) in [5.41, 5.74) is 1.82. The van der Waals surface area contributed by atoms with Crippen LogP contribution in [0.15, 0.2) is 48.8 Å². The lowest BCUT2D eigenvalue weighted by molar-refractivity contribution is -0.274. The number of rotatable bonds is 6. The zero-order chi connectivity index (χ0) is 24.5. The molecule has 10 heteroatoms. The number of nitrogens with one attached hydrogen (secondary N) is 1. The number of ether oxygens (including phenoxy) is 1. The number of benzene rings is 1. The van der Waals surface area contributed by atoms with Crippen molar-refractivity contribution in [1.82, 2.24) is 9.97 Å². The largest absolute Gasteiger partial charge is 0.573 e. The van der Waals surface area contributed by atoms with Gasteiger partial charge in [0.2, 0.25) is 0 Å². The van der Waals surface area contributed by atoms with Crippen LogP contribution in [0.1, 0.15) is 29.4 Å². The lowest BCUT2D eigenvalue weighted by atomic mass is 9.95. The van der Waals surface area contributed by atoms with Gasteiger partial charge in [0, 0.05) is 42.3 Å². The maximum Gasteiger partial charge on any atom is 0.573 e. The molecule has 1 aromatic carbocycles. The van der Waals surface area contributed by atoms with Gasteiger partial charge in [0.25, 0.3) is 5.91 Å². The van der Waals surface area contributed by atoms with Crippen molar-refractivity contribution in [3.05, 3.63) is 65.9 Å². The lowest BCUT2D eigenvalue weighted by Gasteiger charge is -2.40. The molecule has 2 aromatic heterocycles. The van der Waals surface area contributed by atoms with Crippen LogP contribution in [-0.4, -0.2) is 35.3 Å². The van der Waals surface area contributed by atoms with Gasteiger partial charge in [0.15, 0.2) is 0 Å². The van der Waals surface area contributed by atoms with Gasteiger partial charge in [-0.1, -0.05) is 6.92 Å². The van der Waals surface area contributed by atoms with E-state index in [2.05, 4.69) is 31.8 Å². The average molecular weight is 474 g/mol. The Bertz CT molecular complexity index is 1190. The number of pyridine rings is 2. The Labute approximate surface area is 193 Å². The van der Waals surface area contributed by atoms with Crippen LogP contribution in [0.5, 0.6) is 5.75 Å². The summed E-state index contributed by atoms with van der Waals surface area (Å²) in [5, 5.41) is 2.62. The van der Waals surface area contributed by atoms with E-state index in [0.717, 1.165) is 31.6 Å². The Morgan fingerprint density at radius 3 is 2.47 bits per heavy atom. The van der Waals surface area contributed by atoms with Crippen molar-refractivity contribution in [1.29, 1.82) is 0 Å². The van der Waals surface area contributed by atoms with E-state index in [0.29, 0.717) is 22.9 Å². The van der Waals surface area contributed by atoms with Crippen LogP contribution in [0.2, 0.25) is 0 Å². The van der Waals surface area contributed by atoms with E-state index in [-0.39, 0.29) is 16.9 Å². The van der Waals surface area contributed by atoms with Gasteiger partial charge >= 0.3 is 6.36 Å². The van der Waals surface area contributed by atoms with Crippen LogP contribution in [0.4, 0.5) is 29.1 Å². The summed E-state index contributed by atoms with van der Waals surface area (Å²) in [6, 6.07) is 7.78. The Hall–Kier alpha value is -3.69. The summed E-state index contributed by atoms with van der Waals surface area (Å²) in [6.07, 6.45) is -0.796. The van der Waals surface area contributed by atoms with Gasteiger partial charge in [0.05, 0.1) is 11.3 Å². The molecule has 1 fully saturated rings. The number of halogens is 4. The van der Waals surface area contributed by atoms with Crippen molar-refractivity contribution in [3.8, 4) is 16.9 Å². The summed E-state index contributed by atoms with van der Waals surface area (Å²) in [4.78, 5) is 23.5. The molecule has 0 aliphatic carbocycles. The van der Waals surface area contributed by atoms with Gasteiger partial charge in [-0.05, 0) is 55.7 Å². The van der Waals surface area contributed by atoms with Crippen molar-refractivity contribution in [2.45, 2.75) is 26.6 Å². The zero-order valence-corrected chi connectivity index (χ0v) is 18.5. The molecule has 0 bridgehead atoms. The molecule has 4 rings (SSSR count). The van der Waals surface area contributed by atoms with Crippen molar-refractivity contribution in [2.75, 3.05) is 23.3 Å². The van der Waals surface area contributed by atoms with Crippen LogP contribution in [-0.2, 0) is 0 Å². The first-order valence-corrected chi connectivity index (χ1v) is 10.7. The van der Waals surface area contributed by atoms with E-state index in [9.17, 15) is 22.4 Å². The van der Waals surface area contributed by atoms with Gasteiger partial charge < -0.3 is 15.0 Å². The van der Waals surface area contributed by atoms with Gasteiger partial charge in [-0.3, -0.25) is 9.78 Å². The number of aryl methyl sites for hydroxylation is 1. The van der Waals surface area contributed by atoms with E-state index in [1.54, 1.807) is 13.0 Å². The van der Waals surface area contributed by atoms with Crippen LogP contribution in [0, 0.1) is 18.7 Å². The predicted octanol–water partition coefficient (Wildman–Crippen LogP) is 5.59. The molecular formula is C24H22F4N4O2. The van der Waals surface area contributed by atoms with Crippen LogP contribution in [0.25, 0.3) is 11.1 Å². The summed E-state index contributed by atoms with van der Waals surface area (Å²) >= 11 is 0. The topological polar surface area (TPSA) is 67.4 Å². The number of anilines is 2. The molecule has 6 nitrogen and oxygen atoms in total. The van der Waals surface area contributed by atoms with Gasteiger partial charge in [0.1, 0.15) is 17.4 Å². The molecule has 34 heavy (non-hydrogen) atoms. The first-order valence-electron chi connectivity index (χ1n) is 10.7. The second kappa shape index (κ2) is 9.28. The molecule has 0 atom stereocenters. The first-order chi connectivity index (χ1) is 16.1. The van der Waals surface area contributed by atoms with Crippen LogP contribution in [0.3, 0.4) is 0 Å². The van der Waals surface area contributed by atoms with Crippen LogP contribution >= 0.6 is 0 Å². The van der Waals surface area contributed by atoms with Crippen LogP contribution < -0.4 is 15.0 Å². The molecule has 3 aromatic rings. The number of alkyl halides is 3. The quantitative estimate of drug-likeness (QED) is 0.472. The Morgan fingerprint density at radius 2 is 1.85 bits per heavy atom. The average Bonchev–Trinajstić information content (AvgIpc) is 2.75. The molecule has 1 amide bonds. The molecule has 0 saturated carbocycles. The molecule has 0 spiro atoms. The maximum absolute atomic E-state index is 14.2. The Kier molecular flexibility index (Phi) is 6.41. The molecule has 178 valence electrons. The summed E-state index contributed by atoms with van der Waals surface area (Å²) in [6.45, 7) is 5.31. The number of hydrogen-bond acceptors (Lipinski definition) is 5. The fraction of sp³-hybridized carbons (Fsp3) is 0.292. The second-order valence-corrected chi connectivity index (χ2v) is 8.09.